The SMILES string of the molecule is CC(=O)[C@@]1(O)CC[C@H]2[C@@H]3CC(C)(C)C4CCCC[C@]4(C)[C@H]3CC[C@@]21C. The van der Waals surface area contributed by atoms with Crippen molar-refractivity contribution >= 4 is 5.78 Å². The lowest BCUT2D eigenvalue weighted by atomic mass is 9.40. The lowest BCUT2D eigenvalue weighted by Gasteiger charge is -2.65. The van der Waals surface area contributed by atoms with Crippen molar-refractivity contribution in [2.75, 3.05) is 0 Å². The van der Waals surface area contributed by atoms with Crippen LogP contribution >= 0.6 is 0 Å². The molecular weight excluding hydrogens is 308 g/mol. The fourth-order valence-corrected chi connectivity index (χ4v) is 8.82. The summed E-state index contributed by atoms with van der Waals surface area (Å²) in [5.41, 5.74) is -0.403. The van der Waals surface area contributed by atoms with Crippen LogP contribution in [0.25, 0.3) is 0 Å². The predicted molar refractivity (Wildman–Crippen MR) is 101 cm³/mol. The molecule has 7 atom stereocenters. The topological polar surface area (TPSA) is 37.3 Å². The summed E-state index contributed by atoms with van der Waals surface area (Å²) < 4.78 is 0. The van der Waals surface area contributed by atoms with E-state index in [4.69, 9.17) is 0 Å². The number of aliphatic hydroxyl groups is 1. The van der Waals surface area contributed by atoms with Gasteiger partial charge in [0.25, 0.3) is 0 Å². The number of Topliss-reactive ketones (excluding diaryl/α,β-unsaturated/α-hetero) is 1. The Balaban J connectivity index is 1.73. The van der Waals surface area contributed by atoms with E-state index in [1.165, 1.54) is 38.5 Å². The fraction of sp³-hybridized carbons (Fsp3) is 0.957. The first-order valence-corrected chi connectivity index (χ1v) is 10.8. The first-order chi connectivity index (χ1) is 11.6. The predicted octanol–water partition coefficient (Wildman–Crippen LogP) is 5.38. The van der Waals surface area contributed by atoms with Gasteiger partial charge in [0, 0.05) is 5.41 Å². The molecule has 0 amide bonds. The first kappa shape index (κ1) is 18.0. The van der Waals surface area contributed by atoms with Crippen molar-refractivity contribution in [1.29, 1.82) is 0 Å². The molecule has 0 heterocycles. The lowest BCUT2D eigenvalue weighted by molar-refractivity contribution is -0.185. The van der Waals surface area contributed by atoms with Crippen molar-refractivity contribution in [2.45, 2.75) is 98.0 Å². The molecule has 142 valence electrons. The summed E-state index contributed by atoms with van der Waals surface area (Å²) in [6.07, 6.45) is 10.9. The minimum Gasteiger partial charge on any atom is -0.382 e. The van der Waals surface area contributed by atoms with Crippen LogP contribution in [0.3, 0.4) is 0 Å². The summed E-state index contributed by atoms with van der Waals surface area (Å²) in [6.45, 7) is 11.5. The molecule has 0 spiro atoms. The van der Waals surface area contributed by atoms with E-state index < -0.39 is 5.60 Å². The molecule has 2 heteroatoms. The van der Waals surface area contributed by atoms with Gasteiger partial charge in [0.05, 0.1) is 0 Å². The second-order valence-corrected chi connectivity index (χ2v) is 11.3. The van der Waals surface area contributed by atoms with Gasteiger partial charge in [-0.05, 0) is 86.4 Å². The number of hydrogen-bond donors (Lipinski definition) is 1. The van der Waals surface area contributed by atoms with Crippen molar-refractivity contribution < 1.29 is 9.90 Å². The average molecular weight is 347 g/mol. The summed E-state index contributed by atoms with van der Waals surface area (Å²) >= 11 is 0. The van der Waals surface area contributed by atoms with Gasteiger partial charge in [0.15, 0.2) is 5.78 Å². The van der Waals surface area contributed by atoms with Gasteiger partial charge in [-0.3, -0.25) is 4.79 Å². The number of hydrogen-bond acceptors (Lipinski definition) is 2. The molecule has 1 unspecified atom stereocenters. The molecule has 25 heavy (non-hydrogen) atoms. The highest BCUT2D eigenvalue weighted by atomic mass is 16.3. The van der Waals surface area contributed by atoms with E-state index in [0.29, 0.717) is 29.1 Å². The second-order valence-electron chi connectivity index (χ2n) is 11.3. The van der Waals surface area contributed by atoms with Crippen LogP contribution in [-0.2, 0) is 4.79 Å². The number of carbonyl (C=O) groups excluding carboxylic acids is 1. The molecule has 0 saturated heterocycles. The van der Waals surface area contributed by atoms with Crippen molar-refractivity contribution in [3.63, 3.8) is 0 Å². The summed E-state index contributed by atoms with van der Waals surface area (Å²) in [4.78, 5) is 12.4. The van der Waals surface area contributed by atoms with E-state index in [0.717, 1.165) is 24.7 Å². The molecule has 0 aromatic carbocycles. The lowest BCUT2D eigenvalue weighted by Crippen LogP contribution is -2.60. The zero-order valence-corrected chi connectivity index (χ0v) is 17.0. The summed E-state index contributed by atoms with van der Waals surface area (Å²) in [6, 6.07) is 0. The van der Waals surface area contributed by atoms with Gasteiger partial charge in [-0.25, -0.2) is 0 Å². The third-order valence-corrected chi connectivity index (χ3v) is 9.98. The van der Waals surface area contributed by atoms with E-state index in [2.05, 4.69) is 27.7 Å². The first-order valence-electron chi connectivity index (χ1n) is 10.8. The van der Waals surface area contributed by atoms with Gasteiger partial charge in [-0.1, -0.05) is 40.5 Å². The fourth-order valence-electron chi connectivity index (χ4n) is 8.82. The molecule has 2 nitrogen and oxygen atoms in total. The Bertz CT molecular complexity index is 581. The van der Waals surface area contributed by atoms with Crippen LogP contribution in [0.5, 0.6) is 0 Å². The molecular formula is C23H38O2. The number of ketones is 1. The quantitative estimate of drug-likeness (QED) is 0.692. The summed E-state index contributed by atoms with van der Waals surface area (Å²) in [5.74, 6) is 2.89. The normalized spacial score (nSPS) is 54.3. The number of fused-ring (bicyclic) bond motifs is 5. The molecule has 0 aromatic heterocycles. The maximum Gasteiger partial charge on any atom is 0.161 e. The Morgan fingerprint density at radius 3 is 2.28 bits per heavy atom. The highest BCUT2D eigenvalue weighted by Gasteiger charge is 2.67. The van der Waals surface area contributed by atoms with Crippen molar-refractivity contribution in [1.82, 2.24) is 0 Å². The molecule has 0 aliphatic heterocycles. The summed E-state index contributed by atoms with van der Waals surface area (Å²) in [5, 5.41) is 11.3. The van der Waals surface area contributed by atoms with E-state index in [-0.39, 0.29) is 11.2 Å². The molecule has 1 N–H and O–H groups in total. The van der Waals surface area contributed by atoms with E-state index in [1.54, 1.807) is 6.92 Å². The van der Waals surface area contributed by atoms with E-state index in [9.17, 15) is 9.90 Å². The van der Waals surface area contributed by atoms with Gasteiger partial charge in [0.1, 0.15) is 5.60 Å². The third-order valence-electron chi connectivity index (χ3n) is 9.98. The molecule has 4 aliphatic carbocycles. The Kier molecular flexibility index (Phi) is 3.84. The van der Waals surface area contributed by atoms with Gasteiger partial charge in [0.2, 0.25) is 0 Å². The Morgan fingerprint density at radius 2 is 1.60 bits per heavy atom. The number of carbonyl (C=O) groups is 1. The monoisotopic (exact) mass is 346 g/mol. The Hall–Kier alpha value is -0.370. The molecule has 4 aliphatic rings. The maximum atomic E-state index is 12.4. The third kappa shape index (κ3) is 2.15. The van der Waals surface area contributed by atoms with Gasteiger partial charge in [-0.15, -0.1) is 0 Å². The Labute approximate surface area is 154 Å². The van der Waals surface area contributed by atoms with Crippen LogP contribution < -0.4 is 0 Å². The molecule has 0 radical (unpaired) electrons. The maximum absolute atomic E-state index is 12.4. The zero-order chi connectivity index (χ0) is 18.3. The van der Waals surface area contributed by atoms with Crippen LogP contribution in [0.2, 0.25) is 0 Å². The van der Waals surface area contributed by atoms with Crippen LogP contribution in [0, 0.1) is 39.9 Å². The van der Waals surface area contributed by atoms with Crippen molar-refractivity contribution in [2.24, 2.45) is 39.9 Å². The molecule has 0 bridgehead atoms. The van der Waals surface area contributed by atoms with Crippen LogP contribution in [-0.4, -0.2) is 16.5 Å². The average Bonchev–Trinajstić information content (AvgIpc) is 2.80. The molecule has 4 saturated carbocycles. The highest BCUT2D eigenvalue weighted by Crippen LogP contribution is 2.71. The van der Waals surface area contributed by atoms with Crippen molar-refractivity contribution in [3.05, 3.63) is 0 Å². The van der Waals surface area contributed by atoms with Crippen LogP contribution in [0.15, 0.2) is 0 Å². The van der Waals surface area contributed by atoms with Crippen LogP contribution in [0.1, 0.15) is 92.4 Å². The van der Waals surface area contributed by atoms with Crippen LogP contribution in [0.4, 0.5) is 0 Å². The molecule has 0 aromatic rings. The van der Waals surface area contributed by atoms with Crippen molar-refractivity contribution in [3.8, 4) is 0 Å². The largest absolute Gasteiger partial charge is 0.382 e. The minimum atomic E-state index is -1.07. The standard InChI is InChI=1S/C23H38O2/c1-15(24)23(25)13-10-18-16-14-20(2,3)19-8-6-7-11-21(19,4)17(16)9-12-22(18,23)5/h16-19,25H,6-14H2,1-5H3/t16-,17+,18+,19?,21-,22+,23+/m1/s1. The van der Waals surface area contributed by atoms with Gasteiger partial charge in [-0.2, -0.15) is 0 Å². The smallest absolute Gasteiger partial charge is 0.161 e. The van der Waals surface area contributed by atoms with E-state index >= 15 is 0 Å². The molecule has 4 fully saturated rings. The van der Waals surface area contributed by atoms with Gasteiger partial charge >= 0.3 is 0 Å². The zero-order valence-electron chi connectivity index (χ0n) is 17.0. The Morgan fingerprint density at radius 1 is 0.920 bits per heavy atom. The highest BCUT2D eigenvalue weighted by molar-refractivity contribution is 5.86. The summed E-state index contributed by atoms with van der Waals surface area (Å²) in [7, 11) is 0. The molecule has 4 rings (SSSR count). The van der Waals surface area contributed by atoms with E-state index in [1.807, 2.05) is 0 Å². The minimum absolute atomic E-state index is 0.00720. The second kappa shape index (κ2) is 5.33. The van der Waals surface area contributed by atoms with Gasteiger partial charge < -0.3 is 5.11 Å². The number of rotatable bonds is 1.